The fraction of sp³-hybridized carbons (Fsp3) is 0.517. The molecular formula is C29H41N3O5S. The van der Waals surface area contributed by atoms with Crippen molar-refractivity contribution in [3.63, 3.8) is 0 Å². The lowest BCUT2D eigenvalue weighted by atomic mass is 9.95. The van der Waals surface area contributed by atoms with Gasteiger partial charge in [-0.2, -0.15) is 0 Å². The molecule has 1 N–H and O–H groups in total. The molecule has 0 spiro atoms. The second-order valence-corrected chi connectivity index (χ2v) is 11.8. The van der Waals surface area contributed by atoms with E-state index in [1.54, 1.807) is 29.2 Å². The van der Waals surface area contributed by atoms with Gasteiger partial charge < -0.3 is 15.0 Å². The summed E-state index contributed by atoms with van der Waals surface area (Å²) in [7, 11) is -2.05. The summed E-state index contributed by atoms with van der Waals surface area (Å²) in [4.78, 5) is 28.6. The minimum atomic E-state index is -3.57. The Labute approximate surface area is 227 Å². The number of carbonyl (C=O) groups is 2. The van der Waals surface area contributed by atoms with Gasteiger partial charge in [-0.25, -0.2) is 8.42 Å². The fourth-order valence-electron chi connectivity index (χ4n) is 5.01. The highest BCUT2D eigenvalue weighted by molar-refractivity contribution is 7.92. The molecule has 2 aromatic carbocycles. The van der Waals surface area contributed by atoms with Gasteiger partial charge >= 0.3 is 0 Å². The van der Waals surface area contributed by atoms with Crippen molar-refractivity contribution >= 4 is 27.5 Å². The summed E-state index contributed by atoms with van der Waals surface area (Å²) >= 11 is 0. The highest BCUT2D eigenvalue weighted by Gasteiger charge is 2.30. The lowest BCUT2D eigenvalue weighted by molar-refractivity contribution is -0.141. The number of sulfonamides is 1. The van der Waals surface area contributed by atoms with E-state index in [9.17, 15) is 18.0 Å². The Morgan fingerprint density at radius 3 is 2.39 bits per heavy atom. The third kappa shape index (κ3) is 8.48. The molecule has 38 heavy (non-hydrogen) atoms. The number of rotatable bonds is 13. The molecule has 208 valence electrons. The van der Waals surface area contributed by atoms with Gasteiger partial charge in [0.2, 0.25) is 21.8 Å². The lowest BCUT2D eigenvalue weighted by Gasteiger charge is -2.33. The highest BCUT2D eigenvalue weighted by Crippen LogP contribution is 2.24. The molecule has 2 aromatic rings. The summed E-state index contributed by atoms with van der Waals surface area (Å²) in [5, 5.41) is 3.19. The summed E-state index contributed by atoms with van der Waals surface area (Å²) in [5.41, 5.74) is 1.43. The highest BCUT2D eigenvalue weighted by atomic mass is 32.2. The van der Waals surface area contributed by atoms with Gasteiger partial charge in [0.1, 0.15) is 11.8 Å². The van der Waals surface area contributed by atoms with E-state index in [0.29, 0.717) is 30.8 Å². The molecule has 0 saturated heterocycles. The van der Waals surface area contributed by atoms with Crippen LogP contribution in [0.2, 0.25) is 0 Å². The summed E-state index contributed by atoms with van der Waals surface area (Å²) in [6.07, 6.45) is 7.44. The maximum atomic E-state index is 13.6. The molecule has 1 saturated carbocycles. The number of anilines is 1. The predicted molar refractivity (Wildman–Crippen MR) is 151 cm³/mol. The molecule has 0 unspecified atom stereocenters. The van der Waals surface area contributed by atoms with E-state index >= 15 is 0 Å². The largest absolute Gasteiger partial charge is 0.497 e. The fourth-order valence-corrected chi connectivity index (χ4v) is 5.97. The van der Waals surface area contributed by atoms with Crippen LogP contribution in [0.3, 0.4) is 0 Å². The van der Waals surface area contributed by atoms with Gasteiger partial charge in [-0.3, -0.25) is 13.9 Å². The number of hydrogen-bond donors (Lipinski definition) is 1. The Morgan fingerprint density at radius 1 is 1.05 bits per heavy atom. The first-order chi connectivity index (χ1) is 18.2. The van der Waals surface area contributed by atoms with Crippen LogP contribution in [0.25, 0.3) is 0 Å². The number of benzene rings is 2. The standard InChI is InChI=1S/C29H41N3O5S/c1-4-27(29(34)30-24-15-9-6-10-16-24)31(22-23-13-7-5-8-14-23)28(33)19-12-20-32(38(3,35)36)25-17-11-18-26(21-25)37-2/h5,7-8,11,13-14,17-18,21,24,27H,4,6,9-10,12,15-16,19-20,22H2,1-3H3,(H,30,34)/t27-/m1/s1. The molecule has 1 aliphatic carbocycles. The van der Waals surface area contributed by atoms with Crippen LogP contribution in [0.15, 0.2) is 54.6 Å². The second-order valence-electron chi connectivity index (χ2n) is 9.91. The van der Waals surface area contributed by atoms with Gasteiger partial charge in [-0.1, -0.05) is 62.6 Å². The zero-order valence-electron chi connectivity index (χ0n) is 22.8. The Bertz CT molecular complexity index is 1150. The Hall–Kier alpha value is -3.07. The molecule has 1 fully saturated rings. The maximum Gasteiger partial charge on any atom is 0.243 e. The summed E-state index contributed by atoms with van der Waals surface area (Å²) < 4.78 is 31.6. The van der Waals surface area contributed by atoms with Crippen molar-refractivity contribution in [2.45, 2.75) is 76.9 Å². The Kier molecular flexibility index (Phi) is 11.0. The van der Waals surface area contributed by atoms with E-state index in [1.807, 2.05) is 37.3 Å². The first kappa shape index (κ1) is 29.5. The molecule has 1 atom stereocenters. The molecule has 8 nitrogen and oxygen atoms in total. The SMILES string of the molecule is CC[C@H](C(=O)NC1CCCCC1)N(Cc1ccccc1)C(=O)CCCN(c1cccc(OC)c1)S(C)(=O)=O. The first-order valence-corrected chi connectivity index (χ1v) is 15.3. The normalized spacial score (nSPS) is 14.9. The molecule has 1 aliphatic rings. The average molecular weight is 544 g/mol. The van der Waals surface area contributed by atoms with E-state index < -0.39 is 16.1 Å². The molecular weight excluding hydrogens is 502 g/mol. The van der Waals surface area contributed by atoms with Crippen molar-refractivity contribution in [2.75, 3.05) is 24.2 Å². The van der Waals surface area contributed by atoms with Crippen molar-refractivity contribution in [3.8, 4) is 5.75 Å². The Morgan fingerprint density at radius 2 is 1.76 bits per heavy atom. The van der Waals surface area contributed by atoms with Crippen LogP contribution < -0.4 is 14.4 Å². The van der Waals surface area contributed by atoms with Crippen molar-refractivity contribution in [1.29, 1.82) is 0 Å². The smallest absolute Gasteiger partial charge is 0.243 e. The van der Waals surface area contributed by atoms with E-state index in [-0.39, 0.29) is 30.8 Å². The number of carbonyl (C=O) groups excluding carboxylic acids is 2. The maximum absolute atomic E-state index is 13.6. The van der Waals surface area contributed by atoms with Crippen LogP contribution >= 0.6 is 0 Å². The van der Waals surface area contributed by atoms with Crippen LogP contribution in [-0.4, -0.2) is 57.1 Å². The molecule has 0 radical (unpaired) electrons. The zero-order chi connectivity index (χ0) is 27.5. The number of hydrogen-bond acceptors (Lipinski definition) is 5. The van der Waals surface area contributed by atoms with Crippen molar-refractivity contribution in [1.82, 2.24) is 10.2 Å². The third-order valence-corrected chi connectivity index (χ3v) is 8.22. The van der Waals surface area contributed by atoms with Crippen LogP contribution in [0.5, 0.6) is 5.75 Å². The van der Waals surface area contributed by atoms with Crippen molar-refractivity contribution < 1.29 is 22.7 Å². The van der Waals surface area contributed by atoms with Crippen LogP contribution in [0, 0.1) is 0 Å². The molecule has 0 aliphatic heterocycles. The van der Waals surface area contributed by atoms with Crippen LogP contribution in [-0.2, 0) is 26.2 Å². The van der Waals surface area contributed by atoms with E-state index in [0.717, 1.165) is 37.5 Å². The minimum Gasteiger partial charge on any atom is -0.497 e. The monoisotopic (exact) mass is 543 g/mol. The molecule has 3 rings (SSSR count). The van der Waals surface area contributed by atoms with Gasteiger partial charge in [0.25, 0.3) is 0 Å². The van der Waals surface area contributed by atoms with E-state index in [2.05, 4.69) is 5.32 Å². The third-order valence-electron chi connectivity index (χ3n) is 7.03. The average Bonchev–Trinajstić information content (AvgIpc) is 2.91. The van der Waals surface area contributed by atoms with Crippen molar-refractivity contribution in [3.05, 3.63) is 60.2 Å². The minimum absolute atomic E-state index is 0.113. The molecule has 0 heterocycles. The number of nitrogens with zero attached hydrogens (tertiary/aromatic N) is 2. The van der Waals surface area contributed by atoms with Crippen LogP contribution in [0.4, 0.5) is 5.69 Å². The number of nitrogens with one attached hydrogen (secondary N) is 1. The lowest BCUT2D eigenvalue weighted by Crippen LogP contribution is -2.51. The van der Waals surface area contributed by atoms with Gasteiger partial charge in [0.05, 0.1) is 19.1 Å². The van der Waals surface area contributed by atoms with Crippen molar-refractivity contribution in [2.24, 2.45) is 0 Å². The number of ether oxygens (including phenoxy) is 1. The van der Waals surface area contributed by atoms with Gasteiger partial charge in [-0.15, -0.1) is 0 Å². The molecule has 9 heteroatoms. The van der Waals surface area contributed by atoms with E-state index in [4.69, 9.17) is 4.74 Å². The number of methoxy groups -OCH3 is 1. The van der Waals surface area contributed by atoms with Gasteiger partial charge in [-0.05, 0) is 43.4 Å². The Balaban J connectivity index is 1.73. The molecule has 0 aromatic heterocycles. The number of amides is 2. The van der Waals surface area contributed by atoms with E-state index in [1.165, 1.54) is 17.8 Å². The first-order valence-electron chi connectivity index (χ1n) is 13.5. The van der Waals surface area contributed by atoms with Gasteiger partial charge in [0.15, 0.2) is 0 Å². The quantitative estimate of drug-likeness (QED) is 0.401. The summed E-state index contributed by atoms with van der Waals surface area (Å²) in [6, 6.07) is 16.1. The zero-order valence-corrected chi connectivity index (χ0v) is 23.6. The van der Waals surface area contributed by atoms with Gasteiger partial charge in [0, 0.05) is 31.6 Å². The topological polar surface area (TPSA) is 96.0 Å². The second kappa shape index (κ2) is 14.2. The summed E-state index contributed by atoms with van der Waals surface area (Å²) in [5.74, 6) is 0.271. The molecule has 2 amide bonds. The predicted octanol–water partition coefficient (Wildman–Crippen LogP) is 4.50. The van der Waals surface area contributed by atoms with Crippen LogP contribution in [0.1, 0.15) is 63.9 Å². The molecule has 0 bridgehead atoms. The summed E-state index contributed by atoms with van der Waals surface area (Å²) in [6.45, 7) is 2.38.